The summed E-state index contributed by atoms with van der Waals surface area (Å²) in [4.78, 5) is 48.0. The van der Waals surface area contributed by atoms with Gasteiger partial charge in [-0.15, -0.1) is 0 Å². The number of aromatic hydroxyl groups is 1. The highest BCUT2D eigenvalue weighted by Gasteiger charge is 2.36. The molecule has 0 aliphatic rings. The molecule has 0 fully saturated rings. The molecule has 11 heteroatoms. The molecule has 1 rings (SSSR count). The summed E-state index contributed by atoms with van der Waals surface area (Å²) in [6, 6.07) is 2.70. The van der Waals surface area contributed by atoms with E-state index < -0.39 is 40.7 Å². The molecule has 0 unspecified atom stereocenters. The fraction of sp³-hybridized carbons (Fsp3) is 0.545. The summed E-state index contributed by atoms with van der Waals surface area (Å²) in [6.45, 7) is 5.14. The smallest absolute Gasteiger partial charge is 0.326 e. The highest BCUT2D eigenvalue weighted by molar-refractivity contribution is 7.81. The Kier molecular flexibility index (Phi) is 11.2. The first-order chi connectivity index (χ1) is 15.3. The molecule has 0 spiro atoms. The van der Waals surface area contributed by atoms with Crippen molar-refractivity contribution in [2.45, 2.75) is 69.3 Å². The number of phenols is 1. The van der Waals surface area contributed by atoms with Crippen molar-refractivity contribution in [1.29, 1.82) is 0 Å². The number of hydrogen-bond donors (Lipinski definition) is 7. The fourth-order valence-electron chi connectivity index (χ4n) is 3.02. The van der Waals surface area contributed by atoms with Crippen LogP contribution in [0.2, 0.25) is 0 Å². The Morgan fingerprint density at radius 1 is 1.06 bits per heavy atom. The van der Waals surface area contributed by atoms with Gasteiger partial charge in [-0.2, -0.15) is 12.6 Å². The molecular weight excluding hydrogens is 448 g/mol. The lowest BCUT2D eigenvalue weighted by atomic mass is 9.99. The van der Waals surface area contributed by atoms with E-state index >= 15 is 0 Å². The first kappa shape index (κ1) is 28.2. The van der Waals surface area contributed by atoms with Crippen LogP contribution in [0.5, 0.6) is 5.75 Å². The van der Waals surface area contributed by atoms with E-state index in [-0.39, 0.29) is 18.1 Å². The summed E-state index contributed by atoms with van der Waals surface area (Å²) in [5.41, 5.74) is 6.55. The third kappa shape index (κ3) is 10.6. The highest BCUT2D eigenvalue weighted by atomic mass is 32.1. The number of hydrogen-bond acceptors (Lipinski definition) is 7. The van der Waals surface area contributed by atoms with E-state index in [9.17, 15) is 29.4 Å². The van der Waals surface area contributed by atoms with Gasteiger partial charge in [0.25, 0.3) is 0 Å². The minimum atomic E-state index is -1.25. The SMILES string of the molecule is CC(=O)NCCCC[C@H](N)C(=O)N[C@H](C(=O)N[C@@H](Cc1ccc(O)cc1)C(=O)O)C(C)(C)S. The molecule has 33 heavy (non-hydrogen) atoms. The number of carbonyl (C=O) groups excluding carboxylic acids is 3. The zero-order valence-electron chi connectivity index (χ0n) is 19.1. The molecule has 3 atom stereocenters. The summed E-state index contributed by atoms with van der Waals surface area (Å²) in [6.07, 6.45) is 1.60. The molecule has 0 heterocycles. The second kappa shape index (κ2) is 13.0. The van der Waals surface area contributed by atoms with E-state index in [2.05, 4.69) is 28.6 Å². The number of nitrogens with one attached hydrogen (secondary N) is 3. The summed E-state index contributed by atoms with van der Waals surface area (Å²) < 4.78 is -1.01. The predicted octanol–water partition coefficient (Wildman–Crippen LogP) is 0.331. The molecule has 184 valence electrons. The summed E-state index contributed by atoms with van der Waals surface area (Å²) in [5, 5.41) is 26.6. The van der Waals surface area contributed by atoms with Gasteiger partial charge in [0.05, 0.1) is 6.04 Å². The first-order valence-electron chi connectivity index (χ1n) is 10.6. The van der Waals surface area contributed by atoms with Crippen molar-refractivity contribution in [1.82, 2.24) is 16.0 Å². The van der Waals surface area contributed by atoms with Crippen molar-refractivity contribution in [2.24, 2.45) is 5.73 Å². The minimum Gasteiger partial charge on any atom is -0.508 e. The largest absolute Gasteiger partial charge is 0.508 e. The normalized spacial score (nSPS) is 14.0. The van der Waals surface area contributed by atoms with Gasteiger partial charge in [0, 0.05) is 24.6 Å². The zero-order valence-corrected chi connectivity index (χ0v) is 20.0. The predicted molar refractivity (Wildman–Crippen MR) is 127 cm³/mol. The lowest BCUT2D eigenvalue weighted by molar-refractivity contribution is -0.142. The van der Waals surface area contributed by atoms with Crippen LogP contribution in [0.3, 0.4) is 0 Å². The third-order valence-corrected chi connectivity index (χ3v) is 5.16. The topological polar surface area (TPSA) is 171 Å². The van der Waals surface area contributed by atoms with Crippen LogP contribution in [0.4, 0.5) is 0 Å². The fourth-order valence-corrected chi connectivity index (χ4v) is 3.20. The molecule has 7 N–H and O–H groups in total. The summed E-state index contributed by atoms with van der Waals surface area (Å²) in [5.74, 6) is -2.59. The number of unbranched alkanes of at least 4 members (excludes halogenated alkanes) is 1. The van der Waals surface area contributed by atoms with Crippen LogP contribution in [0.1, 0.15) is 45.6 Å². The highest BCUT2D eigenvalue weighted by Crippen LogP contribution is 2.19. The van der Waals surface area contributed by atoms with E-state index in [1.807, 2.05) is 0 Å². The van der Waals surface area contributed by atoms with Gasteiger partial charge in [0.1, 0.15) is 17.8 Å². The molecule has 0 aliphatic heterocycles. The Balaban J connectivity index is 2.76. The molecule has 1 aromatic rings. The van der Waals surface area contributed by atoms with Gasteiger partial charge in [-0.25, -0.2) is 4.79 Å². The van der Waals surface area contributed by atoms with Crippen LogP contribution in [0.25, 0.3) is 0 Å². The maximum absolute atomic E-state index is 12.9. The van der Waals surface area contributed by atoms with Crippen molar-refractivity contribution < 1.29 is 29.4 Å². The third-order valence-electron chi connectivity index (χ3n) is 4.90. The Labute approximate surface area is 199 Å². The van der Waals surface area contributed by atoms with Crippen molar-refractivity contribution in [3.63, 3.8) is 0 Å². The van der Waals surface area contributed by atoms with Gasteiger partial charge in [-0.05, 0) is 50.8 Å². The van der Waals surface area contributed by atoms with E-state index in [4.69, 9.17) is 5.73 Å². The van der Waals surface area contributed by atoms with Gasteiger partial charge >= 0.3 is 5.97 Å². The van der Waals surface area contributed by atoms with Crippen molar-refractivity contribution in [3.8, 4) is 5.75 Å². The molecule has 1 aromatic carbocycles. The Hall–Kier alpha value is -2.79. The Bertz CT molecular complexity index is 825. The summed E-state index contributed by atoms with van der Waals surface area (Å²) in [7, 11) is 0. The van der Waals surface area contributed by atoms with Gasteiger partial charge in [-0.3, -0.25) is 14.4 Å². The molecule has 3 amide bonds. The average Bonchev–Trinajstić information content (AvgIpc) is 2.71. The van der Waals surface area contributed by atoms with Crippen LogP contribution in [-0.2, 0) is 25.6 Å². The number of carboxylic acids is 1. The number of phenolic OH excluding ortho intramolecular Hbond substituents is 1. The van der Waals surface area contributed by atoms with E-state index in [0.717, 1.165) is 0 Å². The van der Waals surface area contributed by atoms with E-state index in [1.165, 1.54) is 19.1 Å². The molecule has 0 saturated carbocycles. The van der Waals surface area contributed by atoms with E-state index in [0.29, 0.717) is 31.4 Å². The lowest BCUT2D eigenvalue weighted by Gasteiger charge is -2.31. The van der Waals surface area contributed by atoms with E-state index in [1.54, 1.807) is 26.0 Å². The molecule has 0 aliphatic carbocycles. The number of nitrogens with two attached hydrogens (primary N) is 1. The van der Waals surface area contributed by atoms with Crippen molar-refractivity contribution in [2.75, 3.05) is 6.54 Å². The number of thiol groups is 1. The van der Waals surface area contributed by atoms with Gasteiger partial charge in [-0.1, -0.05) is 12.1 Å². The van der Waals surface area contributed by atoms with Crippen LogP contribution in [-0.4, -0.2) is 63.3 Å². The van der Waals surface area contributed by atoms with Crippen LogP contribution >= 0.6 is 12.6 Å². The summed E-state index contributed by atoms with van der Waals surface area (Å²) >= 11 is 4.40. The molecular formula is C22H34N4O6S. The standard InChI is InChI=1S/C22H34N4O6S/c1-13(27)24-11-5-4-6-16(23)19(29)26-18(22(2,3)33)20(30)25-17(21(31)32)12-14-7-9-15(28)10-8-14/h7-10,16-18,28,33H,4-6,11-12,23H2,1-3H3,(H,24,27)(H,25,30)(H,26,29)(H,31,32)/t16-,17-,18+/m0/s1. The van der Waals surface area contributed by atoms with Crippen molar-refractivity contribution >= 4 is 36.3 Å². The second-order valence-corrected chi connectivity index (χ2v) is 9.60. The van der Waals surface area contributed by atoms with Crippen molar-refractivity contribution in [3.05, 3.63) is 29.8 Å². The molecule has 10 nitrogen and oxygen atoms in total. The number of rotatable bonds is 13. The molecule has 0 aromatic heterocycles. The number of carboxylic acid groups (broad SMARTS) is 1. The van der Waals surface area contributed by atoms with Crippen LogP contribution in [0, 0.1) is 0 Å². The van der Waals surface area contributed by atoms with Gasteiger partial charge in [0.2, 0.25) is 17.7 Å². The monoisotopic (exact) mass is 482 g/mol. The number of aliphatic carboxylic acids is 1. The average molecular weight is 483 g/mol. The molecule has 0 saturated heterocycles. The van der Waals surface area contributed by atoms with Gasteiger partial charge in [0.15, 0.2) is 0 Å². The minimum absolute atomic E-state index is 0.0111. The first-order valence-corrected chi connectivity index (χ1v) is 11.1. The number of carbonyl (C=O) groups is 4. The second-order valence-electron chi connectivity index (χ2n) is 8.45. The maximum Gasteiger partial charge on any atom is 0.326 e. The van der Waals surface area contributed by atoms with Crippen LogP contribution < -0.4 is 21.7 Å². The Morgan fingerprint density at radius 2 is 1.67 bits per heavy atom. The van der Waals surface area contributed by atoms with Gasteiger partial charge < -0.3 is 31.9 Å². The number of amides is 3. The maximum atomic E-state index is 12.9. The van der Waals surface area contributed by atoms with Crippen LogP contribution in [0.15, 0.2) is 24.3 Å². The zero-order chi connectivity index (χ0) is 25.2. The Morgan fingerprint density at radius 3 is 2.18 bits per heavy atom. The molecule has 0 bridgehead atoms. The quantitative estimate of drug-likeness (QED) is 0.157. The number of benzene rings is 1. The lowest BCUT2D eigenvalue weighted by Crippen LogP contribution is -2.60. The molecule has 0 radical (unpaired) electrons.